The summed E-state index contributed by atoms with van der Waals surface area (Å²) < 4.78 is 58.0. The van der Waals surface area contributed by atoms with Gasteiger partial charge in [-0.15, -0.1) is 0 Å². The van der Waals surface area contributed by atoms with Gasteiger partial charge < -0.3 is 15.0 Å². The number of benzene rings is 2. The maximum absolute atomic E-state index is 13.8. The van der Waals surface area contributed by atoms with E-state index >= 15 is 0 Å². The third kappa shape index (κ3) is 5.80. The number of piperidine rings is 1. The van der Waals surface area contributed by atoms with Crippen molar-refractivity contribution in [3.63, 3.8) is 0 Å². The van der Waals surface area contributed by atoms with Gasteiger partial charge in [0.2, 0.25) is 0 Å². The van der Waals surface area contributed by atoms with E-state index in [0.29, 0.717) is 12.1 Å². The van der Waals surface area contributed by atoms with E-state index in [1.165, 1.54) is 4.90 Å². The normalized spacial score (nSPS) is 14.3. The molecule has 10 heteroatoms. The molecule has 0 bridgehead atoms. The number of likely N-dealkylation sites (tertiary alicyclic amines) is 1. The second-order valence-corrected chi connectivity index (χ2v) is 7.00. The maximum atomic E-state index is 13.8. The smallest absolute Gasteiger partial charge is 0.309 e. The first-order valence-electron chi connectivity index (χ1n) is 9.40. The molecule has 2 aromatic carbocycles. The number of carbonyl (C=O) groups excluding carboxylic acids is 3. The van der Waals surface area contributed by atoms with Gasteiger partial charge in [-0.05, 0) is 37.1 Å². The van der Waals surface area contributed by atoms with Crippen LogP contribution in [0.2, 0.25) is 0 Å². The van der Waals surface area contributed by atoms with Crippen molar-refractivity contribution in [1.29, 1.82) is 0 Å². The van der Waals surface area contributed by atoms with Crippen LogP contribution >= 0.6 is 0 Å². The van der Waals surface area contributed by atoms with E-state index in [1.807, 2.05) is 0 Å². The SMILES string of the molecule is O=C(COC(=O)C1CCN(C(=O)c2ccc(F)cc2F)CC1)Nc1cc(F)cc(F)c1. The van der Waals surface area contributed by atoms with Crippen LogP contribution in [0.1, 0.15) is 23.2 Å². The fourth-order valence-electron chi connectivity index (χ4n) is 3.23. The Hall–Kier alpha value is -3.43. The van der Waals surface area contributed by atoms with Gasteiger partial charge in [0.05, 0.1) is 11.5 Å². The van der Waals surface area contributed by atoms with Crippen molar-refractivity contribution in [3.8, 4) is 0 Å². The van der Waals surface area contributed by atoms with Crippen molar-refractivity contribution in [2.75, 3.05) is 25.0 Å². The quantitative estimate of drug-likeness (QED) is 0.574. The molecule has 3 rings (SSSR count). The number of carbonyl (C=O) groups is 3. The molecular formula is C21H18F4N2O4. The molecule has 0 aliphatic carbocycles. The highest BCUT2D eigenvalue weighted by Gasteiger charge is 2.30. The second kappa shape index (κ2) is 9.59. The minimum atomic E-state index is -0.962. The molecule has 1 N–H and O–H groups in total. The lowest BCUT2D eigenvalue weighted by molar-refractivity contribution is -0.152. The van der Waals surface area contributed by atoms with Crippen molar-refractivity contribution < 1.29 is 36.7 Å². The highest BCUT2D eigenvalue weighted by atomic mass is 19.1. The van der Waals surface area contributed by atoms with Gasteiger partial charge in [-0.25, -0.2) is 17.6 Å². The molecule has 1 fully saturated rings. The average molecular weight is 438 g/mol. The van der Waals surface area contributed by atoms with Gasteiger partial charge >= 0.3 is 5.97 Å². The van der Waals surface area contributed by atoms with E-state index in [4.69, 9.17) is 4.74 Å². The van der Waals surface area contributed by atoms with Crippen molar-refractivity contribution >= 4 is 23.5 Å². The number of hydrogen-bond acceptors (Lipinski definition) is 4. The van der Waals surface area contributed by atoms with Crippen LogP contribution in [0, 0.1) is 29.2 Å². The third-order valence-electron chi connectivity index (χ3n) is 4.77. The first-order valence-corrected chi connectivity index (χ1v) is 9.40. The highest BCUT2D eigenvalue weighted by molar-refractivity contribution is 5.95. The topological polar surface area (TPSA) is 75.7 Å². The molecule has 0 unspecified atom stereocenters. The minimum absolute atomic E-state index is 0.113. The Morgan fingerprint density at radius 3 is 2.19 bits per heavy atom. The van der Waals surface area contributed by atoms with E-state index < -0.39 is 53.6 Å². The molecule has 1 heterocycles. The molecule has 31 heavy (non-hydrogen) atoms. The summed E-state index contributed by atoms with van der Waals surface area (Å²) >= 11 is 0. The van der Waals surface area contributed by atoms with Crippen LogP contribution in [0.4, 0.5) is 23.2 Å². The Kier molecular flexibility index (Phi) is 6.88. The van der Waals surface area contributed by atoms with Crippen LogP contribution < -0.4 is 5.32 Å². The number of nitrogens with one attached hydrogen (secondary N) is 1. The molecule has 0 aromatic heterocycles. The monoisotopic (exact) mass is 438 g/mol. The number of amides is 2. The van der Waals surface area contributed by atoms with Crippen molar-refractivity contribution in [2.45, 2.75) is 12.8 Å². The first-order chi connectivity index (χ1) is 14.7. The van der Waals surface area contributed by atoms with Gasteiger partial charge in [0, 0.05) is 30.9 Å². The Balaban J connectivity index is 1.46. The Morgan fingerprint density at radius 2 is 1.58 bits per heavy atom. The van der Waals surface area contributed by atoms with Crippen LogP contribution in [0.5, 0.6) is 0 Å². The zero-order chi connectivity index (χ0) is 22.5. The van der Waals surface area contributed by atoms with Crippen LogP contribution in [0.25, 0.3) is 0 Å². The zero-order valence-corrected chi connectivity index (χ0v) is 16.2. The first kappa shape index (κ1) is 22.3. The predicted octanol–water partition coefficient (Wildman–Crippen LogP) is 3.28. The van der Waals surface area contributed by atoms with Crippen LogP contribution in [-0.4, -0.2) is 42.4 Å². The highest BCUT2D eigenvalue weighted by Crippen LogP contribution is 2.22. The molecule has 164 valence electrons. The number of nitrogens with zero attached hydrogens (tertiary/aromatic N) is 1. The molecule has 0 radical (unpaired) electrons. The fraction of sp³-hybridized carbons (Fsp3) is 0.286. The summed E-state index contributed by atoms with van der Waals surface area (Å²) in [4.78, 5) is 37.7. The lowest BCUT2D eigenvalue weighted by atomic mass is 9.96. The molecule has 0 atom stereocenters. The van der Waals surface area contributed by atoms with Crippen molar-refractivity contribution in [3.05, 3.63) is 65.2 Å². The lowest BCUT2D eigenvalue weighted by Crippen LogP contribution is -2.41. The Bertz CT molecular complexity index is 987. The van der Waals surface area contributed by atoms with Gasteiger partial charge in [-0.1, -0.05) is 0 Å². The summed E-state index contributed by atoms with van der Waals surface area (Å²) in [6.07, 6.45) is 0.480. The summed E-state index contributed by atoms with van der Waals surface area (Å²) in [6, 6.07) is 5.16. The van der Waals surface area contributed by atoms with Gasteiger partial charge in [0.15, 0.2) is 6.61 Å². The molecule has 1 aliphatic rings. The number of ether oxygens (including phenoxy) is 1. The molecule has 2 amide bonds. The third-order valence-corrected chi connectivity index (χ3v) is 4.77. The summed E-state index contributed by atoms with van der Waals surface area (Å²) in [6.45, 7) is -0.328. The number of esters is 1. The van der Waals surface area contributed by atoms with Gasteiger partial charge in [-0.3, -0.25) is 14.4 Å². The molecule has 0 saturated carbocycles. The average Bonchev–Trinajstić information content (AvgIpc) is 2.71. The molecule has 2 aromatic rings. The van der Waals surface area contributed by atoms with Crippen molar-refractivity contribution in [2.24, 2.45) is 5.92 Å². The van der Waals surface area contributed by atoms with Gasteiger partial charge in [0.25, 0.3) is 11.8 Å². The fourth-order valence-corrected chi connectivity index (χ4v) is 3.23. The van der Waals surface area contributed by atoms with Crippen LogP contribution in [0.15, 0.2) is 36.4 Å². The zero-order valence-electron chi connectivity index (χ0n) is 16.2. The number of halogens is 4. The second-order valence-electron chi connectivity index (χ2n) is 7.00. The van der Waals surface area contributed by atoms with Crippen LogP contribution in [0.3, 0.4) is 0 Å². The summed E-state index contributed by atoms with van der Waals surface area (Å²) in [5.41, 5.74) is -0.369. The van der Waals surface area contributed by atoms with Crippen LogP contribution in [-0.2, 0) is 14.3 Å². The molecule has 0 spiro atoms. The van der Waals surface area contributed by atoms with E-state index in [0.717, 1.165) is 24.3 Å². The molecule has 6 nitrogen and oxygen atoms in total. The number of hydrogen-bond donors (Lipinski definition) is 1. The van der Waals surface area contributed by atoms with Crippen molar-refractivity contribution in [1.82, 2.24) is 4.90 Å². The van der Waals surface area contributed by atoms with E-state index in [-0.39, 0.29) is 37.2 Å². The number of anilines is 1. The predicted molar refractivity (Wildman–Crippen MR) is 101 cm³/mol. The molecular weight excluding hydrogens is 420 g/mol. The Morgan fingerprint density at radius 1 is 0.935 bits per heavy atom. The standard InChI is InChI=1S/C21H18F4N2O4/c22-13-1-2-17(18(25)10-13)20(29)27-5-3-12(4-6-27)21(30)31-11-19(28)26-16-8-14(23)7-15(24)9-16/h1-2,7-10,12H,3-6,11H2,(H,26,28). The molecule has 1 saturated heterocycles. The minimum Gasteiger partial charge on any atom is -0.455 e. The van der Waals surface area contributed by atoms with E-state index in [2.05, 4.69) is 5.32 Å². The summed E-state index contributed by atoms with van der Waals surface area (Å²) in [5.74, 6) is -6.08. The maximum Gasteiger partial charge on any atom is 0.309 e. The van der Waals surface area contributed by atoms with Gasteiger partial charge in [-0.2, -0.15) is 0 Å². The largest absolute Gasteiger partial charge is 0.455 e. The number of rotatable bonds is 5. The lowest BCUT2D eigenvalue weighted by Gasteiger charge is -2.31. The van der Waals surface area contributed by atoms with E-state index in [9.17, 15) is 31.9 Å². The summed E-state index contributed by atoms with van der Waals surface area (Å²) in [5, 5.41) is 2.22. The molecule has 1 aliphatic heterocycles. The summed E-state index contributed by atoms with van der Waals surface area (Å²) in [7, 11) is 0. The Labute approximate surface area is 174 Å². The van der Waals surface area contributed by atoms with Gasteiger partial charge in [0.1, 0.15) is 23.3 Å². The van der Waals surface area contributed by atoms with E-state index in [1.54, 1.807) is 0 Å².